The van der Waals surface area contributed by atoms with Crippen LogP contribution in [0.25, 0.3) is 33.5 Å². The summed E-state index contributed by atoms with van der Waals surface area (Å²) in [7, 11) is 0. The smallest absolute Gasteiger partial charge is 0.181 e. The molecule has 4 rings (SSSR count). The van der Waals surface area contributed by atoms with Crippen LogP contribution in [0.4, 0.5) is 0 Å². The zero-order chi connectivity index (χ0) is 18.3. The Kier molecular flexibility index (Phi) is 3.95. The van der Waals surface area contributed by atoms with Gasteiger partial charge in [0.2, 0.25) is 0 Å². The first-order valence-electron chi connectivity index (χ1n) is 8.71. The average Bonchev–Trinajstić information content (AvgIpc) is 3.23. The fraction of sp³-hybridized carbons (Fsp3) is 0.250. The number of nitrogens with zero attached hydrogens (tertiary/aromatic N) is 3. The number of benzene rings is 2. The molecule has 0 unspecified atom stereocenters. The van der Waals surface area contributed by atoms with Crippen molar-refractivity contribution in [2.45, 2.75) is 27.2 Å². The van der Waals surface area contributed by atoms with Crippen LogP contribution in [0.5, 0.6) is 5.75 Å². The Morgan fingerprint density at radius 3 is 2.58 bits per heavy atom. The van der Waals surface area contributed by atoms with E-state index in [1.54, 1.807) is 6.07 Å². The zero-order valence-corrected chi connectivity index (χ0v) is 15.0. The normalized spacial score (nSPS) is 11.5. The average molecular weight is 347 g/mol. The van der Waals surface area contributed by atoms with Crippen LogP contribution >= 0.6 is 0 Å². The lowest BCUT2D eigenvalue weighted by Crippen LogP contribution is -1.95. The maximum atomic E-state index is 9.76. The van der Waals surface area contributed by atoms with Gasteiger partial charge in [-0.3, -0.25) is 10.2 Å². The van der Waals surface area contributed by atoms with E-state index in [4.69, 9.17) is 0 Å². The van der Waals surface area contributed by atoms with E-state index in [1.165, 1.54) is 0 Å². The molecular formula is C20H21N5O. The lowest BCUT2D eigenvalue weighted by atomic mass is 10.0. The number of fused-ring (bicyclic) bond motifs is 1. The predicted octanol–water partition coefficient (Wildman–Crippen LogP) is 4.23. The molecule has 2 aromatic carbocycles. The van der Waals surface area contributed by atoms with Crippen LogP contribution < -0.4 is 0 Å². The van der Waals surface area contributed by atoms with Crippen molar-refractivity contribution >= 4 is 10.9 Å². The van der Waals surface area contributed by atoms with E-state index < -0.39 is 0 Å². The molecule has 6 nitrogen and oxygen atoms in total. The molecule has 132 valence electrons. The minimum atomic E-state index is 0.285. The van der Waals surface area contributed by atoms with Gasteiger partial charge in [0.05, 0.1) is 11.2 Å². The molecule has 26 heavy (non-hydrogen) atoms. The molecule has 3 N–H and O–H groups in total. The fourth-order valence-corrected chi connectivity index (χ4v) is 3.08. The Bertz CT molecular complexity index is 1080. The second kappa shape index (κ2) is 6.29. The van der Waals surface area contributed by atoms with E-state index in [0.717, 1.165) is 45.5 Å². The number of hydrogen-bond donors (Lipinski definition) is 3. The molecule has 0 saturated carbocycles. The molecule has 0 radical (unpaired) electrons. The minimum Gasteiger partial charge on any atom is -0.508 e. The molecule has 0 aliphatic heterocycles. The standard InChI is InChI=1S/C20H21N5O/c1-11(2)8-18-21-20(25-23-18)14-4-6-16-15(10-14)19(24-22-16)13-5-7-17(26)12(3)9-13/h4-7,9-11,26H,8H2,1-3H3,(H,22,24)(H,21,23,25). The van der Waals surface area contributed by atoms with E-state index in [2.05, 4.69) is 45.3 Å². The lowest BCUT2D eigenvalue weighted by molar-refractivity contribution is 0.471. The van der Waals surface area contributed by atoms with Gasteiger partial charge >= 0.3 is 0 Å². The van der Waals surface area contributed by atoms with Crippen LogP contribution in [0, 0.1) is 12.8 Å². The quantitative estimate of drug-likeness (QED) is 0.515. The Balaban J connectivity index is 1.77. The molecule has 2 aromatic heterocycles. The van der Waals surface area contributed by atoms with Crippen LogP contribution in [0.15, 0.2) is 36.4 Å². The minimum absolute atomic E-state index is 0.285. The van der Waals surface area contributed by atoms with Crippen LogP contribution in [-0.2, 0) is 6.42 Å². The first kappa shape index (κ1) is 16.3. The molecule has 0 atom stereocenters. The molecular weight excluding hydrogens is 326 g/mol. The molecule has 4 aromatic rings. The number of nitrogens with one attached hydrogen (secondary N) is 2. The van der Waals surface area contributed by atoms with Gasteiger partial charge in [0.1, 0.15) is 11.6 Å². The summed E-state index contributed by atoms with van der Waals surface area (Å²) in [6.45, 7) is 6.19. The third kappa shape index (κ3) is 2.94. The van der Waals surface area contributed by atoms with Crippen molar-refractivity contribution in [1.82, 2.24) is 25.4 Å². The van der Waals surface area contributed by atoms with Gasteiger partial charge < -0.3 is 5.11 Å². The molecule has 0 fully saturated rings. The van der Waals surface area contributed by atoms with Crippen molar-refractivity contribution in [3.63, 3.8) is 0 Å². The third-order valence-electron chi connectivity index (χ3n) is 4.42. The second-order valence-corrected chi connectivity index (χ2v) is 7.04. The highest BCUT2D eigenvalue weighted by molar-refractivity contribution is 5.95. The Labute approximate surface area is 151 Å². The lowest BCUT2D eigenvalue weighted by Gasteiger charge is -2.03. The van der Waals surface area contributed by atoms with Crippen molar-refractivity contribution in [3.05, 3.63) is 47.8 Å². The summed E-state index contributed by atoms with van der Waals surface area (Å²) in [6.07, 6.45) is 0.874. The SMILES string of the molecule is Cc1cc(-c2n[nH]c3ccc(-c4n[nH]c(CC(C)C)n4)cc23)ccc1O. The van der Waals surface area contributed by atoms with Gasteiger partial charge in [0, 0.05) is 22.9 Å². The molecule has 6 heteroatoms. The zero-order valence-electron chi connectivity index (χ0n) is 15.0. The van der Waals surface area contributed by atoms with Crippen molar-refractivity contribution in [1.29, 1.82) is 0 Å². The van der Waals surface area contributed by atoms with Crippen molar-refractivity contribution in [3.8, 4) is 28.4 Å². The highest BCUT2D eigenvalue weighted by Crippen LogP contribution is 2.31. The number of phenolic OH excluding ortho intramolecular Hbond substituents is 1. The van der Waals surface area contributed by atoms with Gasteiger partial charge in [-0.1, -0.05) is 13.8 Å². The van der Waals surface area contributed by atoms with E-state index in [-0.39, 0.29) is 5.75 Å². The summed E-state index contributed by atoms with van der Waals surface area (Å²) < 4.78 is 0. The van der Waals surface area contributed by atoms with E-state index in [9.17, 15) is 5.11 Å². The maximum Gasteiger partial charge on any atom is 0.181 e. The van der Waals surface area contributed by atoms with E-state index in [1.807, 2.05) is 31.2 Å². The molecule has 0 spiro atoms. The number of phenols is 1. The summed E-state index contributed by atoms with van der Waals surface area (Å²) in [5.74, 6) is 2.40. The summed E-state index contributed by atoms with van der Waals surface area (Å²) in [5, 5.41) is 25.7. The fourth-order valence-electron chi connectivity index (χ4n) is 3.08. The van der Waals surface area contributed by atoms with Crippen molar-refractivity contribution < 1.29 is 5.11 Å². The Morgan fingerprint density at radius 2 is 1.81 bits per heavy atom. The van der Waals surface area contributed by atoms with E-state index >= 15 is 0 Å². The number of hydrogen-bond acceptors (Lipinski definition) is 4. The van der Waals surface area contributed by atoms with Crippen LogP contribution in [0.3, 0.4) is 0 Å². The number of aryl methyl sites for hydroxylation is 1. The largest absolute Gasteiger partial charge is 0.508 e. The molecule has 0 bridgehead atoms. The van der Waals surface area contributed by atoms with Crippen molar-refractivity contribution in [2.24, 2.45) is 5.92 Å². The number of H-pyrrole nitrogens is 2. The summed E-state index contributed by atoms with van der Waals surface area (Å²) in [4.78, 5) is 4.61. The highest BCUT2D eigenvalue weighted by atomic mass is 16.3. The first-order valence-corrected chi connectivity index (χ1v) is 8.71. The van der Waals surface area contributed by atoms with E-state index in [0.29, 0.717) is 11.7 Å². The summed E-state index contributed by atoms with van der Waals surface area (Å²) in [6, 6.07) is 11.5. The number of aromatic amines is 2. The van der Waals surface area contributed by atoms with Crippen LogP contribution in [0.2, 0.25) is 0 Å². The third-order valence-corrected chi connectivity index (χ3v) is 4.42. The monoisotopic (exact) mass is 347 g/mol. The van der Waals surface area contributed by atoms with Gasteiger partial charge in [-0.15, -0.1) is 0 Å². The second-order valence-electron chi connectivity index (χ2n) is 7.04. The summed E-state index contributed by atoms with van der Waals surface area (Å²) >= 11 is 0. The number of aromatic hydroxyl groups is 1. The summed E-state index contributed by atoms with van der Waals surface area (Å²) in [5.41, 5.74) is 4.53. The maximum absolute atomic E-state index is 9.76. The molecule has 0 aliphatic rings. The molecule has 0 aliphatic carbocycles. The van der Waals surface area contributed by atoms with Crippen LogP contribution in [0.1, 0.15) is 25.2 Å². The van der Waals surface area contributed by atoms with Crippen molar-refractivity contribution in [2.75, 3.05) is 0 Å². The van der Waals surface area contributed by atoms with Crippen LogP contribution in [-0.4, -0.2) is 30.5 Å². The van der Waals surface area contributed by atoms with Gasteiger partial charge in [0.25, 0.3) is 0 Å². The Hall–Kier alpha value is -3.15. The van der Waals surface area contributed by atoms with Gasteiger partial charge in [-0.05, 0) is 54.8 Å². The number of rotatable bonds is 4. The predicted molar refractivity (Wildman–Crippen MR) is 102 cm³/mol. The van der Waals surface area contributed by atoms with Gasteiger partial charge in [-0.25, -0.2) is 4.98 Å². The highest BCUT2D eigenvalue weighted by Gasteiger charge is 2.13. The molecule has 0 amide bonds. The Morgan fingerprint density at radius 1 is 1.00 bits per heavy atom. The van der Waals surface area contributed by atoms with Gasteiger partial charge in [-0.2, -0.15) is 10.2 Å². The topological polar surface area (TPSA) is 90.5 Å². The first-order chi connectivity index (χ1) is 12.5. The van der Waals surface area contributed by atoms with Gasteiger partial charge in [0.15, 0.2) is 5.82 Å². The molecule has 0 saturated heterocycles. The number of aromatic nitrogens is 5. The molecule has 2 heterocycles.